The van der Waals surface area contributed by atoms with E-state index in [1.807, 2.05) is 0 Å². The zero-order valence-corrected chi connectivity index (χ0v) is 19.0. The number of nitrogens with one attached hydrogen (secondary N) is 1. The summed E-state index contributed by atoms with van der Waals surface area (Å²) in [5.74, 6) is 0. The number of hydrogen-bond donors (Lipinski definition) is 1. The van der Waals surface area contributed by atoms with E-state index >= 15 is 0 Å². The first-order valence-corrected chi connectivity index (χ1v) is 10.6. The van der Waals surface area contributed by atoms with Gasteiger partial charge in [-0.3, -0.25) is 9.69 Å². The molecule has 2 aliphatic rings. The van der Waals surface area contributed by atoms with Crippen molar-refractivity contribution in [2.45, 2.75) is 32.1 Å². The van der Waals surface area contributed by atoms with Crippen LogP contribution in [0.4, 0.5) is 0 Å². The lowest BCUT2D eigenvalue weighted by Crippen LogP contribution is -2.46. The van der Waals surface area contributed by atoms with Gasteiger partial charge in [-0.25, -0.2) is 5.10 Å². The lowest BCUT2D eigenvalue weighted by molar-refractivity contribution is 0.143. The molecular formula is C23H32Cl2N4O. The van der Waals surface area contributed by atoms with Gasteiger partial charge >= 0.3 is 0 Å². The van der Waals surface area contributed by atoms with E-state index in [1.165, 1.54) is 17.5 Å². The van der Waals surface area contributed by atoms with Gasteiger partial charge in [-0.2, -0.15) is 5.10 Å². The maximum absolute atomic E-state index is 12.0. The van der Waals surface area contributed by atoms with Crippen LogP contribution in [0.3, 0.4) is 0 Å². The Hall–Kier alpha value is -1.66. The van der Waals surface area contributed by atoms with Crippen LogP contribution in [0.1, 0.15) is 35.2 Å². The van der Waals surface area contributed by atoms with Crippen molar-refractivity contribution in [3.8, 4) is 0 Å². The number of fused-ring (bicyclic) bond motifs is 1. The second kappa shape index (κ2) is 12.3. The van der Waals surface area contributed by atoms with Gasteiger partial charge in [-0.15, -0.1) is 24.8 Å². The van der Waals surface area contributed by atoms with Crippen LogP contribution in [0.15, 0.2) is 41.2 Å². The van der Waals surface area contributed by atoms with Gasteiger partial charge in [0.25, 0.3) is 5.56 Å². The maximum Gasteiger partial charge on any atom is 0.267 e. The molecule has 4 rings (SSSR count). The summed E-state index contributed by atoms with van der Waals surface area (Å²) in [6.45, 7) is 6.46. The van der Waals surface area contributed by atoms with Gasteiger partial charge in [0.1, 0.15) is 0 Å². The molecule has 0 unspecified atom stereocenters. The number of benzene rings is 1. The predicted octanol–water partition coefficient (Wildman–Crippen LogP) is 3.37. The van der Waals surface area contributed by atoms with Crippen molar-refractivity contribution in [3.05, 3.63) is 69.1 Å². The summed E-state index contributed by atoms with van der Waals surface area (Å²) < 4.78 is 0. The molecule has 164 valence electrons. The van der Waals surface area contributed by atoms with Gasteiger partial charge < -0.3 is 4.90 Å². The average Bonchev–Trinajstić information content (AvgIpc) is 2.75. The summed E-state index contributed by atoms with van der Waals surface area (Å²) in [5, 5.41) is 7.10. The Bertz CT molecular complexity index is 861. The summed E-state index contributed by atoms with van der Waals surface area (Å²) >= 11 is 0. The summed E-state index contributed by atoms with van der Waals surface area (Å²) in [6.07, 6.45) is 9.64. The third kappa shape index (κ3) is 6.42. The molecule has 1 fully saturated rings. The highest BCUT2D eigenvalue weighted by Crippen LogP contribution is 2.20. The zero-order valence-electron chi connectivity index (χ0n) is 17.4. The molecule has 7 heteroatoms. The van der Waals surface area contributed by atoms with Gasteiger partial charge in [0.05, 0.1) is 5.69 Å². The SMILES string of the molecule is Cl.Cl.O=c1[nH]nc(CCN2CCN(C/C=C/c3ccccc3)CC2)c2c1CCCC2. The number of nitrogens with zero attached hydrogens (tertiary/aromatic N) is 3. The van der Waals surface area contributed by atoms with Crippen molar-refractivity contribution in [1.29, 1.82) is 0 Å². The number of hydrogen-bond acceptors (Lipinski definition) is 4. The van der Waals surface area contributed by atoms with Crippen molar-refractivity contribution in [1.82, 2.24) is 20.0 Å². The largest absolute Gasteiger partial charge is 0.300 e. The lowest BCUT2D eigenvalue weighted by atomic mass is 9.91. The highest BCUT2D eigenvalue weighted by Gasteiger charge is 2.20. The van der Waals surface area contributed by atoms with Crippen LogP contribution >= 0.6 is 24.8 Å². The van der Waals surface area contributed by atoms with Crippen LogP contribution in [-0.4, -0.2) is 59.3 Å². The molecule has 2 aromatic rings. The van der Waals surface area contributed by atoms with Crippen LogP contribution in [0.25, 0.3) is 6.08 Å². The third-order valence-electron chi connectivity index (χ3n) is 5.99. The molecule has 2 heterocycles. The third-order valence-corrected chi connectivity index (χ3v) is 5.99. The van der Waals surface area contributed by atoms with E-state index < -0.39 is 0 Å². The molecule has 0 atom stereocenters. The fourth-order valence-electron chi connectivity index (χ4n) is 4.30. The minimum atomic E-state index is 0. The molecule has 1 aromatic heterocycles. The fourth-order valence-corrected chi connectivity index (χ4v) is 4.30. The highest BCUT2D eigenvalue weighted by atomic mass is 35.5. The first-order valence-electron chi connectivity index (χ1n) is 10.6. The fraction of sp³-hybridized carbons (Fsp3) is 0.478. The first kappa shape index (κ1) is 24.6. The van der Waals surface area contributed by atoms with Crippen LogP contribution in [0.2, 0.25) is 0 Å². The Morgan fingerprint density at radius 3 is 2.33 bits per heavy atom. The maximum atomic E-state index is 12.0. The Morgan fingerprint density at radius 2 is 1.60 bits per heavy atom. The van der Waals surface area contributed by atoms with Gasteiger partial charge in [-0.1, -0.05) is 42.5 Å². The van der Waals surface area contributed by atoms with Crippen LogP contribution in [-0.2, 0) is 19.3 Å². The molecule has 0 spiro atoms. The molecule has 5 nitrogen and oxygen atoms in total. The Kier molecular flexibility index (Phi) is 10.1. The quantitative estimate of drug-likeness (QED) is 0.732. The van der Waals surface area contributed by atoms with E-state index in [2.05, 4.69) is 62.5 Å². The monoisotopic (exact) mass is 450 g/mol. The van der Waals surface area contributed by atoms with Gasteiger partial charge in [-0.05, 0) is 36.8 Å². The summed E-state index contributed by atoms with van der Waals surface area (Å²) in [5.41, 5.74) is 4.63. The molecule has 1 N–H and O–H groups in total. The second-order valence-electron chi connectivity index (χ2n) is 7.87. The second-order valence-corrected chi connectivity index (χ2v) is 7.87. The van der Waals surface area contributed by atoms with Crippen LogP contribution < -0.4 is 5.56 Å². The number of aromatic nitrogens is 2. The van der Waals surface area contributed by atoms with Crippen LogP contribution in [0.5, 0.6) is 0 Å². The zero-order chi connectivity index (χ0) is 19.2. The number of halogens is 2. The minimum Gasteiger partial charge on any atom is -0.300 e. The van der Waals surface area contributed by atoms with Gasteiger partial charge in [0.15, 0.2) is 0 Å². The highest BCUT2D eigenvalue weighted by molar-refractivity contribution is 5.85. The molecule has 1 aromatic carbocycles. The van der Waals surface area contributed by atoms with Crippen molar-refractivity contribution in [3.63, 3.8) is 0 Å². The van der Waals surface area contributed by atoms with E-state index in [-0.39, 0.29) is 30.4 Å². The van der Waals surface area contributed by atoms with E-state index in [1.54, 1.807) is 0 Å². The molecule has 1 aliphatic heterocycles. The molecule has 0 radical (unpaired) electrons. The lowest BCUT2D eigenvalue weighted by Gasteiger charge is -2.34. The Labute approximate surface area is 191 Å². The van der Waals surface area contributed by atoms with Gasteiger partial charge in [0.2, 0.25) is 0 Å². The number of piperazine rings is 1. The van der Waals surface area contributed by atoms with Crippen molar-refractivity contribution in [2.75, 3.05) is 39.3 Å². The molecule has 1 aliphatic carbocycles. The summed E-state index contributed by atoms with van der Waals surface area (Å²) in [7, 11) is 0. The molecular weight excluding hydrogens is 419 g/mol. The number of rotatable bonds is 6. The molecule has 0 amide bonds. The standard InChI is InChI=1S/C23H30N4O.2ClH/c28-23-21-11-5-4-10-20(21)22(24-25-23)12-14-27-17-15-26(16-18-27)13-6-9-19-7-2-1-3-8-19;;/h1-3,6-9H,4-5,10-18H2,(H,25,28);2*1H/b9-6+;;. The first-order chi connectivity index (χ1) is 13.8. The Balaban J connectivity index is 0.00000160. The molecule has 1 saturated heterocycles. The summed E-state index contributed by atoms with van der Waals surface area (Å²) in [4.78, 5) is 17.0. The van der Waals surface area contributed by atoms with Crippen molar-refractivity contribution < 1.29 is 0 Å². The number of aromatic amines is 1. The van der Waals surface area contributed by atoms with E-state index in [0.29, 0.717) is 0 Å². The van der Waals surface area contributed by atoms with Gasteiger partial charge in [0, 0.05) is 51.3 Å². The Morgan fingerprint density at radius 1 is 0.933 bits per heavy atom. The topological polar surface area (TPSA) is 52.2 Å². The molecule has 0 saturated carbocycles. The van der Waals surface area contributed by atoms with E-state index in [4.69, 9.17) is 0 Å². The van der Waals surface area contributed by atoms with Crippen molar-refractivity contribution in [2.24, 2.45) is 0 Å². The van der Waals surface area contributed by atoms with Crippen molar-refractivity contribution >= 4 is 30.9 Å². The normalized spacial score (nSPS) is 17.2. The average molecular weight is 451 g/mol. The van der Waals surface area contributed by atoms with E-state index in [9.17, 15) is 4.79 Å². The minimum absolute atomic E-state index is 0. The molecule has 0 bridgehead atoms. The smallest absolute Gasteiger partial charge is 0.267 e. The predicted molar refractivity (Wildman–Crippen MR) is 128 cm³/mol. The summed E-state index contributed by atoms with van der Waals surface area (Å²) in [6, 6.07) is 10.5. The molecule has 30 heavy (non-hydrogen) atoms. The van der Waals surface area contributed by atoms with Crippen LogP contribution in [0, 0.1) is 0 Å². The van der Waals surface area contributed by atoms with E-state index in [0.717, 1.165) is 76.2 Å². The number of H-pyrrole nitrogens is 1.